The number of piperidine rings is 2. The Morgan fingerprint density at radius 3 is 2.68 bits per heavy atom. The molecule has 0 unspecified atom stereocenters. The molecule has 1 amide bonds. The summed E-state index contributed by atoms with van der Waals surface area (Å²) in [5.41, 5.74) is 1.30. The molecule has 5 rings (SSSR count). The Bertz CT molecular complexity index is 970. The second kappa shape index (κ2) is 8.78. The molecular weight excluding hydrogens is 392 g/mol. The zero-order valence-electron chi connectivity index (χ0n) is 17.8. The Morgan fingerprint density at radius 1 is 1.06 bits per heavy atom. The van der Waals surface area contributed by atoms with E-state index in [1.165, 1.54) is 5.69 Å². The smallest absolute Gasteiger partial charge is 0.250 e. The van der Waals surface area contributed by atoms with Crippen LogP contribution < -0.4 is 15.8 Å². The lowest BCUT2D eigenvalue weighted by atomic mass is 9.83. The number of aromatic nitrogens is 3. The van der Waals surface area contributed by atoms with Crippen LogP contribution in [0, 0.1) is 11.8 Å². The van der Waals surface area contributed by atoms with Gasteiger partial charge in [0.15, 0.2) is 0 Å². The van der Waals surface area contributed by atoms with Gasteiger partial charge in [0.2, 0.25) is 11.9 Å². The van der Waals surface area contributed by atoms with E-state index in [-0.39, 0.29) is 17.4 Å². The minimum absolute atomic E-state index is 0.0689. The van der Waals surface area contributed by atoms with Crippen molar-refractivity contribution < 1.29 is 4.79 Å². The third-order valence-electron chi connectivity index (χ3n) is 6.98. The molecular formula is C23H30N6O2. The lowest BCUT2D eigenvalue weighted by Gasteiger charge is -2.42. The van der Waals surface area contributed by atoms with E-state index in [0.29, 0.717) is 18.4 Å². The molecule has 1 N–H and O–H groups in total. The first-order chi connectivity index (χ1) is 15.2. The van der Waals surface area contributed by atoms with Crippen molar-refractivity contribution in [2.24, 2.45) is 11.8 Å². The molecule has 0 aliphatic carbocycles. The molecule has 2 aromatic rings. The Labute approximate surface area is 182 Å². The van der Waals surface area contributed by atoms with Crippen molar-refractivity contribution in [3.63, 3.8) is 0 Å². The van der Waals surface area contributed by atoms with Gasteiger partial charge in [0.25, 0.3) is 5.56 Å². The molecule has 8 nitrogen and oxygen atoms in total. The van der Waals surface area contributed by atoms with Gasteiger partial charge in [-0.05, 0) is 37.3 Å². The summed E-state index contributed by atoms with van der Waals surface area (Å²) in [5.74, 6) is 1.93. The Hall–Kier alpha value is -2.74. The summed E-state index contributed by atoms with van der Waals surface area (Å²) in [6.07, 6.45) is 6.35. The third kappa shape index (κ3) is 4.35. The summed E-state index contributed by atoms with van der Waals surface area (Å²) in [7, 11) is 0. The lowest BCUT2D eigenvalue weighted by molar-refractivity contribution is -0.125. The number of hydrogen-bond donors (Lipinski definition) is 1. The molecule has 2 fully saturated rings. The highest BCUT2D eigenvalue weighted by molar-refractivity contribution is 5.78. The van der Waals surface area contributed by atoms with Gasteiger partial charge in [-0.1, -0.05) is 6.07 Å². The molecule has 2 bridgehead atoms. The number of carbonyl (C=O) groups excluding carboxylic acids is 1. The number of amides is 1. The number of hydrogen-bond acceptors (Lipinski definition) is 6. The van der Waals surface area contributed by atoms with E-state index in [2.05, 4.69) is 31.2 Å². The predicted molar refractivity (Wildman–Crippen MR) is 118 cm³/mol. The fourth-order valence-corrected chi connectivity index (χ4v) is 5.46. The molecule has 0 radical (unpaired) electrons. The number of fused-ring (bicyclic) bond motifs is 4. The van der Waals surface area contributed by atoms with Gasteiger partial charge < -0.3 is 19.7 Å². The molecule has 2 atom stereocenters. The summed E-state index contributed by atoms with van der Waals surface area (Å²) < 4.78 is 1.96. The van der Waals surface area contributed by atoms with E-state index >= 15 is 0 Å². The molecule has 3 aliphatic rings. The quantitative estimate of drug-likeness (QED) is 0.777. The van der Waals surface area contributed by atoms with Crippen molar-refractivity contribution in [3.8, 4) is 0 Å². The number of nitrogens with one attached hydrogen (secondary N) is 1. The van der Waals surface area contributed by atoms with Crippen molar-refractivity contribution >= 4 is 11.9 Å². The molecule has 3 aliphatic heterocycles. The Morgan fingerprint density at radius 2 is 1.87 bits per heavy atom. The van der Waals surface area contributed by atoms with E-state index in [0.717, 1.165) is 64.5 Å². The maximum atomic E-state index is 12.7. The average Bonchev–Trinajstić information content (AvgIpc) is 2.80. The zero-order chi connectivity index (χ0) is 21.2. The van der Waals surface area contributed by atoms with E-state index in [1.54, 1.807) is 18.5 Å². The predicted octanol–water partition coefficient (Wildman–Crippen LogP) is 1.09. The van der Waals surface area contributed by atoms with Crippen LogP contribution in [0.15, 0.2) is 41.5 Å². The fraction of sp³-hybridized carbons (Fsp3) is 0.565. The van der Waals surface area contributed by atoms with Crippen LogP contribution >= 0.6 is 0 Å². The minimum Gasteiger partial charge on any atom is -0.355 e. The van der Waals surface area contributed by atoms with Crippen LogP contribution in [0.5, 0.6) is 0 Å². The maximum absolute atomic E-state index is 12.7. The first kappa shape index (κ1) is 20.2. The summed E-state index contributed by atoms with van der Waals surface area (Å²) in [4.78, 5) is 38.0. The van der Waals surface area contributed by atoms with Crippen LogP contribution in [-0.2, 0) is 11.3 Å². The number of rotatable bonds is 5. The maximum Gasteiger partial charge on any atom is 0.250 e. The summed E-state index contributed by atoms with van der Waals surface area (Å²) >= 11 is 0. The van der Waals surface area contributed by atoms with Gasteiger partial charge >= 0.3 is 0 Å². The SMILES string of the molecule is O=C(NCCN1C[C@H]2C[C@H](C1)c1cccc(=O)n1C2)C1CCN(c2ncccn2)CC1. The highest BCUT2D eigenvalue weighted by atomic mass is 16.2. The van der Waals surface area contributed by atoms with Crippen molar-refractivity contribution in [1.82, 2.24) is 24.8 Å². The van der Waals surface area contributed by atoms with Crippen LogP contribution in [0.4, 0.5) is 5.95 Å². The van der Waals surface area contributed by atoms with Gasteiger partial charge in [0, 0.05) is 81.8 Å². The molecule has 0 spiro atoms. The molecule has 2 saturated heterocycles. The summed E-state index contributed by atoms with van der Waals surface area (Å²) in [6, 6.07) is 7.45. The second-order valence-corrected chi connectivity index (χ2v) is 9.06. The normalized spacial score (nSPS) is 23.9. The van der Waals surface area contributed by atoms with Gasteiger partial charge in [-0.2, -0.15) is 0 Å². The lowest BCUT2D eigenvalue weighted by Crippen LogP contribution is -2.49. The fourth-order valence-electron chi connectivity index (χ4n) is 5.46. The zero-order valence-corrected chi connectivity index (χ0v) is 17.8. The van der Waals surface area contributed by atoms with E-state index in [9.17, 15) is 9.59 Å². The molecule has 31 heavy (non-hydrogen) atoms. The topological polar surface area (TPSA) is 83.4 Å². The van der Waals surface area contributed by atoms with Crippen LogP contribution in [-0.4, -0.2) is 64.6 Å². The van der Waals surface area contributed by atoms with Gasteiger partial charge in [0.1, 0.15) is 0 Å². The number of likely N-dealkylation sites (tertiary alicyclic amines) is 1. The van der Waals surface area contributed by atoms with Crippen molar-refractivity contribution in [1.29, 1.82) is 0 Å². The molecule has 2 aromatic heterocycles. The van der Waals surface area contributed by atoms with Crippen LogP contribution in [0.2, 0.25) is 0 Å². The van der Waals surface area contributed by atoms with E-state index in [1.807, 2.05) is 16.7 Å². The number of anilines is 1. The third-order valence-corrected chi connectivity index (χ3v) is 6.98. The molecule has 0 saturated carbocycles. The van der Waals surface area contributed by atoms with Crippen molar-refractivity contribution in [2.45, 2.75) is 31.7 Å². The van der Waals surface area contributed by atoms with Crippen molar-refractivity contribution in [2.75, 3.05) is 44.2 Å². The first-order valence-electron chi connectivity index (χ1n) is 11.4. The largest absolute Gasteiger partial charge is 0.355 e. The minimum atomic E-state index is 0.0689. The standard InChI is InChI=1S/C23H30N6O2/c30-21-4-1-3-20-19-13-17(15-29(20)21)14-27(16-19)12-9-24-22(31)18-5-10-28(11-6-18)23-25-7-2-8-26-23/h1-4,7-8,17-19H,5-6,9-16H2,(H,24,31)/t17-,19-/m1/s1. The number of nitrogens with zero attached hydrogens (tertiary/aromatic N) is 5. The van der Waals surface area contributed by atoms with Gasteiger partial charge in [0.05, 0.1) is 0 Å². The first-order valence-corrected chi connectivity index (χ1v) is 11.4. The highest BCUT2D eigenvalue weighted by Crippen LogP contribution is 2.34. The Balaban J connectivity index is 1.08. The van der Waals surface area contributed by atoms with Crippen LogP contribution in [0.3, 0.4) is 0 Å². The summed E-state index contributed by atoms with van der Waals surface area (Å²) in [5, 5.41) is 3.16. The number of carbonyl (C=O) groups is 1. The number of pyridine rings is 1. The summed E-state index contributed by atoms with van der Waals surface area (Å²) in [6.45, 7) is 5.97. The molecule has 8 heteroatoms. The monoisotopic (exact) mass is 422 g/mol. The van der Waals surface area contributed by atoms with Crippen LogP contribution in [0.1, 0.15) is 30.9 Å². The van der Waals surface area contributed by atoms with E-state index in [4.69, 9.17) is 0 Å². The Kier molecular flexibility index (Phi) is 5.72. The van der Waals surface area contributed by atoms with E-state index < -0.39 is 0 Å². The van der Waals surface area contributed by atoms with Crippen molar-refractivity contribution in [3.05, 3.63) is 52.7 Å². The van der Waals surface area contributed by atoms with Gasteiger partial charge in [-0.3, -0.25) is 9.59 Å². The second-order valence-electron chi connectivity index (χ2n) is 9.06. The van der Waals surface area contributed by atoms with Gasteiger partial charge in [-0.15, -0.1) is 0 Å². The highest BCUT2D eigenvalue weighted by Gasteiger charge is 2.34. The molecule has 5 heterocycles. The van der Waals surface area contributed by atoms with Gasteiger partial charge in [-0.25, -0.2) is 9.97 Å². The molecule has 164 valence electrons. The molecule has 0 aromatic carbocycles. The average molecular weight is 423 g/mol. The van der Waals surface area contributed by atoms with Crippen LogP contribution in [0.25, 0.3) is 0 Å².